The summed E-state index contributed by atoms with van der Waals surface area (Å²) < 4.78 is 11.7. The number of methoxy groups -OCH3 is 1. The average Bonchev–Trinajstić information content (AvgIpc) is 3.42. The predicted octanol–water partition coefficient (Wildman–Crippen LogP) is 6.00. The summed E-state index contributed by atoms with van der Waals surface area (Å²) in [6.45, 7) is 7.15. The van der Waals surface area contributed by atoms with E-state index in [2.05, 4.69) is 59.3 Å². The third-order valence-corrected chi connectivity index (χ3v) is 9.81. The molecule has 1 fully saturated rings. The molecule has 0 saturated heterocycles. The van der Waals surface area contributed by atoms with Gasteiger partial charge in [0.1, 0.15) is 12.4 Å². The van der Waals surface area contributed by atoms with Gasteiger partial charge in [-0.05, 0) is 78.8 Å². The molecule has 1 aliphatic heterocycles. The van der Waals surface area contributed by atoms with Gasteiger partial charge in [0.15, 0.2) is 0 Å². The molecule has 0 amide bonds. The van der Waals surface area contributed by atoms with Crippen LogP contribution in [0.15, 0.2) is 60.8 Å². The van der Waals surface area contributed by atoms with Crippen LogP contribution >= 0.6 is 0 Å². The zero-order valence-electron chi connectivity index (χ0n) is 26.2. The number of anilines is 2. The smallest absolute Gasteiger partial charge is 0.312 e. The third-order valence-electron chi connectivity index (χ3n) is 9.81. The molecule has 0 bridgehead atoms. The summed E-state index contributed by atoms with van der Waals surface area (Å²) in [5.41, 5.74) is 15.1. The molecule has 1 saturated carbocycles. The number of nitrogen functional groups attached to an aromatic ring is 1. The van der Waals surface area contributed by atoms with E-state index < -0.39 is 5.41 Å². The first-order valence-electron chi connectivity index (χ1n) is 15.5. The van der Waals surface area contributed by atoms with Crippen molar-refractivity contribution < 1.29 is 14.3 Å². The van der Waals surface area contributed by atoms with Gasteiger partial charge >= 0.3 is 5.97 Å². The Morgan fingerprint density at radius 3 is 2.68 bits per heavy atom. The zero-order valence-corrected chi connectivity index (χ0v) is 26.2. The predicted molar refractivity (Wildman–Crippen MR) is 175 cm³/mol. The summed E-state index contributed by atoms with van der Waals surface area (Å²) in [4.78, 5) is 20.7. The molecule has 2 aliphatic rings. The molecule has 0 radical (unpaired) electrons. The van der Waals surface area contributed by atoms with Gasteiger partial charge in [-0.25, -0.2) is 5.84 Å². The number of nitrogens with zero attached hydrogens (tertiary/aromatic N) is 3. The molecule has 2 heterocycles. The molecule has 6 rings (SSSR count). The molecule has 4 N–H and O–H groups in total. The lowest BCUT2D eigenvalue weighted by Gasteiger charge is -2.37. The topological polar surface area (TPSA) is 107 Å². The van der Waals surface area contributed by atoms with Crippen molar-refractivity contribution >= 4 is 28.2 Å². The lowest BCUT2D eigenvalue weighted by molar-refractivity contribution is -0.153. The Bertz CT molecular complexity index is 1700. The maximum atomic E-state index is 13.7. The van der Waals surface area contributed by atoms with Crippen molar-refractivity contribution in [2.24, 2.45) is 11.3 Å². The van der Waals surface area contributed by atoms with Crippen LogP contribution in [-0.2, 0) is 22.6 Å². The highest BCUT2D eigenvalue weighted by Gasteiger charge is 2.50. The van der Waals surface area contributed by atoms with Gasteiger partial charge in [-0.3, -0.25) is 14.7 Å². The Kier molecular flexibility index (Phi) is 8.22. The lowest BCUT2D eigenvalue weighted by Crippen LogP contribution is -2.37. The van der Waals surface area contributed by atoms with E-state index in [1.165, 1.54) is 18.2 Å². The minimum absolute atomic E-state index is 0.151. The molecule has 1 atom stereocenters. The molecule has 44 heavy (non-hydrogen) atoms. The molecule has 1 aliphatic carbocycles. The van der Waals surface area contributed by atoms with Gasteiger partial charge in [0.05, 0.1) is 29.4 Å². The minimum Gasteiger partial charge on any atom is -0.492 e. The highest BCUT2D eigenvalue weighted by Crippen LogP contribution is 2.54. The van der Waals surface area contributed by atoms with Crippen LogP contribution in [0.2, 0.25) is 0 Å². The van der Waals surface area contributed by atoms with Crippen LogP contribution < -0.4 is 21.3 Å². The number of esters is 1. The van der Waals surface area contributed by atoms with E-state index in [0.29, 0.717) is 12.3 Å². The molecular weight excluding hydrogens is 550 g/mol. The Morgan fingerprint density at radius 1 is 1.14 bits per heavy atom. The van der Waals surface area contributed by atoms with Gasteiger partial charge in [0.2, 0.25) is 0 Å². The van der Waals surface area contributed by atoms with Gasteiger partial charge in [0, 0.05) is 49.7 Å². The second-order valence-electron chi connectivity index (χ2n) is 12.5. The van der Waals surface area contributed by atoms with Crippen LogP contribution in [0.5, 0.6) is 5.75 Å². The van der Waals surface area contributed by atoms with E-state index in [9.17, 15) is 4.79 Å². The van der Waals surface area contributed by atoms with Crippen molar-refractivity contribution in [1.29, 1.82) is 0 Å². The summed E-state index contributed by atoms with van der Waals surface area (Å²) in [6.07, 6.45) is 5.34. The number of aromatic nitrogens is 1. The van der Waals surface area contributed by atoms with E-state index in [0.717, 1.165) is 89.9 Å². The number of carbonyl (C=O) groups is 1. The average molecular weight is 594 g/mol. The first kappa shape index (κ1) is 29.9. The third kappa shape index (κ3) is 5.37. The van der Waals surface area contributed by atoms with E-state index in [1.54, 1.807) is 12.1 Å². The van der Waals surface area contributed by atoms with Gasteiger partial charge in [-0.15, -0.1) is 0 Å². The summed E-state index contributed by atoms with van der Waals surface area (Å²) in [6, 6.07) is 19.0. The summed E-state index contributed by atoms with van der Waals surface area (Å²) in [5.74, 6) is 6.67. The van der Waals surface area contributed by atoms with Gasteiger partial charge in [-0.2, -0.15) is 0 Å². The number of hydrogen-bond donors (Lipinski definition) is 2. The van der Waals surface area contributed by atoms with Crippen molar-refractivity contribution in [3.05, 3.63) is 94.2 Å². The molecule has 8 nitrogen and oxygen atoms in total. The Balaban J connectivity index is 1.40. The lowest BCUT2D eigenvalue weighted by atomic mass is 9.66. The van der Waals surface area contributed by atoms with Crippen LogP contribution in [0, 0.1) is 19.3 Å². The highest BCUT2D eigenvalue weighted by atomic mass is 16.5. The number of pyridine rings is 1. The van der Waals surface area contributed by atoms with Crippen molar-refractivity contribution in [2.75, 3.05) is 38.1 Å². The highest BCUT2D eigenvalue weighted by molar-refractivity contribution is 5.82. The number of benzene rings is 3. The van der Waals surface area contributed by atoms with Crippen LogP contribution in [0.3, 0.4) is 0 Å². The fourth-order valence-electron chi connectivity index (χ4n) is 7.39. The first-order valence-corrected chi connectivity index (χ1v) is 15.5. The number of hydrogen-bond acceptors (Lipinski definition) is 8. The first-order chi connectivity index (χ1) is 21.2. The number of nitrogens with two attached hydrogens (primary N) is 2. The van der Waals surface area contributed by atoms with Crippen LogP contribution in [0.1, 0.15) is 65.0 Å². The maximum Gasteiger partial charge on any atom is 0.312 e. The SMILES string of the molecule is COC(=O)C1(C(c2ccc(C)c(CN3CCOc4cc5cccnc5cc4C3)c2)c2ccc(N(C)N)c(N)c2C)CCCC1. The summed E-state index contributed by atoms with van der Waals surface area (Å²) in [7, 11) is 3.29. The number of ether oxygens (including phenoxy) is 2. The van der Waals surface area contributed by atoms with E-state index >= 15 is 0 Å². The van der Waals surface area contributed by atoms with Crippen LogP contribution in [-0.4, -0.2) is 43.2 Å². The molecule has 3 aromatic carbocycles. The molecule has 1 unspecified atom stereocenters. The summed E-state index contributed by atoms with van der Waals surface area (Å²) in [5, 5.41) is 2.63. The quantitative estimate of drug-likeness (QED) is 0.116. The molecule has 230 valence electrons. The second-order valence-corrected chi connectivity index (χ2v) is 12.5. The second kappa shape index (κ2) is 12.1. The van der Waals surface area contributed by atoms with Crippen molar-refractivity contribution in [2.45, 2.75) is 58.5 Å². The standard InChI is InChI=1S/C36H43N5O3/c1-23-9-10-26(18-27(23)21-41-16-17-44-32-20-25-8-7-15-39-30(25)19-28(32)22-41)33(36(35(42)43-4)13-5-6-14-36)29-11-12-31(40(3)38)34(37)24(29)2/h7-12,15,18-20,33H,5-6,13-14,16-17,21-22,37-38H2,1-4H3. The zero-order chi connectivity index (χ0) is 31.0. The van der Waals surface area contributed by atoms with E-state index in [4.69, 9.17) is 21.1 Å². The normalized spacial score (nSPS) is 17.0. The van der Waals surface area contributed by atoms with Gasteiger partial charge in [0.25, 0.3) is 0 Å². The number of rotatable bonds is 7. The summed E-state index contributed by atoms with van der Waals surface area (Å²) >= 11 is 0. The fourth-order valence-corrected chi connectivity index (χ4v) is 7.39. The fraction of sp³-hybridized carbons (Fsp3) is 0.389. The Hall–Kier alpha value is -4.14. The van der Waals surface area contributed by atoms with E-state index in [1.807, 2.05) is 25.3 Å². The monoisotopic (exact) mass is 593 g/mol. The molecule has 1 aromatic heterocycles. The maximum absolute atomic E-state index is 13.7. The van der Waals surface area contributed by atoms with Gasteiger partial charge in [-0.1, -0.05) is 43.2 Å². The largest absolute Gasteiger partial charge is 0.492 e. The number of carbonyl (C=O) groups excluding carboxylic acids is 1. The number of fused-ring (bicyclic) bond motifs is 2. The minimum atomic E-state index is -0.669. The van der Waals surface area contributed by atoms with Crippen molar-refractivity contribution in [3.8, 4) is 5.75 Å². The molecule has 0 spiro atoms. The number of hydrazine groups is 1. The van der Waals surface area contributed by atoms with Crippen molar-refractivity contribution in [3.63, 3.8) is 0 Å². The molecule has 4 aromatic rings. The molecule has 8 heteroatoms. The Morgan fingerprint density at radius 2 is 1.93 bits per heavy atom. The number of aryl methyl sites for hydroxylation is 1. The van der Waals surface area contributed by atoms with Crippen LogP contribution in [0.25, 0.3) is 10.9 Å². The van der Waals surface area contributed by atoms with Gasteiger partial charge < -0.3 is 20.2 Å². The Labute approximate surface area is 259 Å². The van der Waals surface area contributed by atoms with Crippen molar-refractivity contribution in [1.82, 2.24) is 9.88 Å². The molecular formula is C36H43N5O3. The van der Waals surface area contributed by atoms with Crippen LogP contribution in [0.4, 0.5) is 11.4 Å². The van der Waals surface area contributed by atoms with E-state index in [-0.39, 0.29) is 11.9 Å².